The van der Waals surface area contributed by atoms with E-state index in [4.69, 9.17) is 0 Å². The van der Waals surface area contributed by atoms with Crippen molar-refractivity contribution >= 4 is 26.8 Å². The van der Waals surface area contributed by atoms with Gasteiger partial charge < -0.3 is 0 Å². The number of fused-ring (bicyclic) bond motifs is 1. The number of aromatic nitrogens is 1. The zero-order valence-corrected chi connectivity index (χ0v) is 14.2. The third-order valence-electron chi connectivity index (χ3n) is 5.47. The van der Waals surface area contributed by atoms with Crippen LogP contribution in [0.3, 0.4) is 0 Å². The van der Waals surface area contributed by atoms with Gasteiger partial charge in [0.1, 0.15) is 4.90 Å². The van der Waals surface area contributed by atoms with Crippen molar-refractivity contribution in [3.05, 3.63) is 36.5 Å². The highest BCUT2D eigenvalue weighted by atomic mass is 32.2. The molecule has 0 aliphatic heterocycles. The van der Waals surface area contributed by atoms with Gasteiger partial charge in [-0.25, -0.2) is 13.1 Å². The second-order valence-corrected chi connectivity index (χ2v) is 8.70. The van der Waals surface area contributed by atoms with Crippen molar-refractivity contribution in [2.24, 2.45) is 11.3 Å². The van der Waals surface area contributed by atoms with Gasteiger partial charge in [0, 0.05) is 17.5 Å². The summed E-state index contributed by atoms with van der Waals surface area (Å²) in [5.74, 6) is -0.508. The van der Waals surface area contributed by atoms with Gasteiger partial charge in [0.05, 0.1) is 5.52 Å². The predicted molar refractivity (Wildman–Crippen MR) is 90.7 cm³/mol. The molecule has 0 saturated heterocycles. The van der Waals surface area contributed by atoms with E-state index in [2.05, 4.69) is 9.71 Å². The monoisotopic (exact) mass is 344 g/mol. The van der Waals surface area contributed by atoms with Gasteiger partial charge in [-0.05, 0) is 36.8 Å². The third-order valence-corrected chi connectivity index (χ3v) is 6.78. The summed E-state index contributed by atoms with van der Waals surface area (Å²) in [5.41, 5.74) is 0.797. The lowest BCUT2D eigenvalue weighted by molar-refractivity contribution is -0.121. The fourth-order valence-electron chi connectivity index (χ4n) is 3.99. The SMILES string of the molecule is O=C(NS(=O)(=O)c1cnc2ccccc2c1)C1CC12CCCCC2. The van der Waals surface area contributed by atoms with Gasteiger partial charge >= 0.3 is 0 Å². The number of carbonyl (C=O) groups is 1. The largest absolute Gasteiger partial charge is 0.274 e. The van der Waals surface area contributed by atoms with Crippen LogP contribution < -0.4 is 4.72 Å². The van der Waals surface area contributed by atoms with Crippen molar-refractivity contribution in [1.82, 2.24) is 9.71 Å². The van der Waals surface area contributed by atoms with Crippen LogP contribution in [0.2, 0.25) is 0 Å². The molecule has 24 heavy (non-hydrogen) atoms. The zero-order valence-electron chi connectivity index (χ0n) is 13.4. The van der Waals surface area contributed by atoms with Gasteiger partial charge in [0.25, 0.3) is 10.0 Å². The summed E-state index contributed by atoms with van der Waals surface area (Å²) in [7, 11) is -3.87. The summed E-state index contributed by atoms with van der Waals surface area (Å²) < 4.78 is 27.3. The molecule has 4 rings (SSSR count). The number of benzene rings is 1. The fourth-order valence-corrected chi connectivity index (χ4v) is 4.99. The quantitative estimate of drug-likeness (QED) is 0.928. The lowest BCUT2D eigenvalue weighted by Gasteiger charge is -2.22. The average molecular weight is 344 g/mol. The lowest BCUT2D eigenvalue weighted by atomic mass is 9.84. The van der Waals surface area contributed by atoms with E-state index >= 15 is 0 Å². The van der Waals surface area contributed by atoms with Crippen molar-refractivity contribution in [3.8, 4) is 0 Å². The van der Waals surface area contributed by atoms with Crippen molar-refractivity contribution in [2.75, 3.05) is 0 Å². The van der Waals surface area contributed by atoms with Crippen LogP contribution in [-0.4, -0.2) is 19.3 Å². The van der Waals surface area contributed by atoms with E-state index < -0.39 is 10.0 Å². The highest BCUT2D eigenvalue weighted by Crippen LogP contribution is 2.61. The van der Waals surface area contributed by atoms with E-state index in [9.17, 15) is 13.2 Å². The Bertz CT molecular complexity index is 901. The lowest BCUT2D eigenvalue weighted by Crippen LogP contribution is -2.33. The highest BCUT2D eigenvalue weighted by Gasteiger charge is 2.58. The first-order chi connectivity index (χ1) is 11.5. The van der Waals surface area contributed by atoms with E-state index in [1.54, 1.807) is 12.1 Å². The molecule has 1 heterocycles. The molecule has 1 N–H and O–H groups in total. The van der Waals surface area contributed by atoms with Crippen LogP contribution in [-0.2, 0) is 14.8 Å². The molecule has 1 spiro atoms. The van der Waals surface area contributed by atoms with E-state index in [0.29, 0.717) is 0 Å². The number of nitrogens with one attached hydrogen (secondary N) is 1. The van der Waals surface area contributed by atoms with Gasteiger partial charge in [-0.3, -0.25) is 9.78 Å². The smallest absolute Gasteiger partial charge is 0.265 e. The Morgan fingerprint density at radius 2 is 1.92 bits per heavy atom. The van der Waals surface area contributed by atoms with Crippen molar-refractivity contribution in [2.45, 2.75) is 43.4 Å². The van der Waals surface area contributed by atoms with Crippen LogP contribution in [0.1, 0.15) is 38.5 Å². The summed E-state index contributed by atoms with van der Waals surface area (Å²) in [6, 6.07) is 8.86. The Balaban J connectivity index is 1.53. The van der Waals surface area contributed by atoms with Crippen LogP contribution in [0.5, 0.6) is 0 Å². The molecule has 1 atom stereocenters. The second kappa shape index (κ2) is 5.55. The minimum atomic E-state index is -3.87. The molecule has 2 saturated carbocycles. The van der Waals surface area contributed by atoms with Crippen molar-refractivity contribution in [1.29, 1.82) is 0 Å². The molecule has 2 aliphatic carbocycles. The average Bonchev–Trinajstić information content (AvgIpc) is 3.28. The molecule has 1 aromatic heterocycles. The molecule has 1 amide bonds. The number of carbonyl (C=O) groups excluding carboxylic acids is 1. The Kier molecular flexibility index (Phi) is 3.60. The molecule has 2 aromatic rings. The van der Waals surface area contributed by atoms with E-state index in [-0.39, 0.29) is 22.1 Å². The molecule has 1 unspecified atom stereocenters. The molecule has 6 heteroatoms. The van der Waals surface area contributed by atoms with E-state index in [0.717, 1.165) is 43.0 Å². The molecule has 2 aliphatic rings. The Labute approximate surface area is 141 Å². The summed E-state index contributed by atoms with van der Waals surface area (Å²) >= 11 is 0. The number of amides is 1. The maximum absolute atomic E-state index is 12.5. The first-order valence-corrected chi connectivity index (χ1v) is 9.90. The van der Waals surface area contributed by atoms with Gasteiger partial charge in [0.15, 0.2) is 0 Å². The number of rotatable bonds is 3. The number of nitrogens with zero attached hydrogens (tertiary/aromatic N) is 1. The van der Waals surface area contributed by atoms with Gasteiger partial charge in [-0.15, -0.1) is 0 Å². The molecule has 1 aromatic carbocycles. The summed E-state index contributed by atoms with van der Waals surface area (Å²) in [5, 5.41) is 0.739. The normalized spacial score (nSPS) is 22.4. The third kappa shape index (κ3) is 2.69. The number of hydrogen-bond acceptors (Lipinski definition) is 4. The maximum atomic E-state index is 12.5. The predicted octanol–water partition coefficient (Wildman–Crippen LogP) is 3.01. The first-order valence-electron chi connectivity index (χ1n) is 8.42. The molecule has 5 nitrogen and oxygen atoms in total. The minimum absolute atomic E-state index is 0.0351. The number of hydrogen-bond donors (Lipinski definition) is 1. The van der Waals surface area contributed by atoms with Gasteiger partial charge in [0.2, 0.25) is 5.91 Å². The van der Waals surface area contributed by atoms with Gasteiger partial charge in [-0.1, -0.05) is 37.5 Å². The van der Waals surface area contributed by atoms with Crippen LogP contribution in [0, 0.1) is 11.3 Å². The van der Waals surface area contributed by atoms with Crippen molar-refractivity contribution in [3.63, 3.8) is 0 Å². The van der Waals surface area contributed by atoms with Crippen LogP contribution in [0.15, 0.2) is 41.4 Å². The Morgan fingerprint density at radius 1 is 1.17 bits per heavy atom. The summed E-state index contributed by atoms with van der Waals surface area (Å²) in [6.07, 6.45) is 7.73. The maximum Gasteiger partial charge on any atom is 0.265 e. The van der Waals surface area contributed by atoms with Crippen LogP contribution in [0.25, 0.3) is 10.9 Å². The number of sulfonamides is 1. The van der Waals surface area contributed by atoms with Crippen molar-refractivity contribution < 1.29 is 13.2 Å². The molecule has 0 radical (unpaired) electrons. The summed E-state index contributed by atoms with van der Waals surface area (Å²) in [4.78, 5) is 16.6. The van der Waals surface area contributed by atoms with E-state index in [1.165, 1.54) is 12.6 Å². The fraction of sp³-hybridized carbons (Fsp3) is 0.444. The number of pyridine rings is 1. The molecular formula is C18H20N2O3S. The molecule has 126 valence electrons. The first kappa shape index (κ1) is 15.6. The standard InChI is InChI=1S/C18H20N2O3S/c21-17(15-11-18(15)8-4-1-5-9-18)20-24(22,23)14-10-13-6-2-3-7-16(13)19-12-14/h2-3,6-7,10,12,15H,1,4-5,8-9,11H2,(H,20,21). The van der Waals surface area contributed by atoms with Crippen LogP contribution in [0.4, 0.5) is 0 Å². The molecule has 0 bridgehead atoms. The zero-order chi connectivity index (χ0) is 16.8. The Hall–Kier alpha value is -1.95. The Morgan fingerprint density at radius 3 is 2.71 bits per heavy atom. The van der Waals surface area contributed by atoms with Crippen LogP contribution >= 0.6 is 0 Å². The topological polar surface area (TPSA) is 76.1 Å². The van der Waals surface area contributed by atoms with E-state index in [1.807, 2.05) is 18.2 Å². The molecular weight excluding hydrogens is 324 g/mol. The van der Waals surface area contributed by atoms with Gasteiger partial charge in [-0.2, -0.15) is 0 Å². The summed E-state index contributed by atoms with van der Waals surface area (Å²) in [6.45, 7) is 0. The highest BCUT2D eigenvalue weighted by molar-refractivity contribution is 7.90. The minimum Gasteiger partial charge on any atom is -0.274 e. The number of para-hydroxylation sites is 1. The molecule has 2 fully saturated rings. The second-order valence-electron chi connectivity index (χ2n) is 7.01.